The number of aromatic carboxylic acids is 1. The predicted molar refractivity (Wildman–Crippen MR) is 65.8 cm³/mol. The van der Waals surface area contributed by atoms with Crippen LogP contribution in [-0.2, 0) is 15.5 Å². The number of methoxy groups -OCH3 is 1. The Morgan fingerprint density at radius 3 is 2.47 bits per heavy atom. The first-order valence-electron chi connectivity index (χ1n) is 5.36. The summed E-state index contributed by atoms with van der Waals surface area (Å²) < 4.78 is 16.7. The Labute approximate surface area is 103 Å². The fraction of sp³-hybridized carbons (Fsp3) is 0.417. The van der Waals surface area contributed by atoms with Crippen molar-refractivity contribution < 1.29 is 18.8 Å². The molecule has 1 N–H and O–H groups in total. The van der Waals surface area contributed by atoms with Gasteiger partial charge in [0.25, 0.3) is 0 Å². The number of rotatable bonds is 7. The highest BCUT2D eigenvalue weighted by Crippen LogP contribution is 2.10. The lowest BCUT2D eigenvalue weighted by atomic mass is 10.2. The highest BCUT2D eigenvalue weighted by Gasteiger charge is 2.06. The Bertz CT molecular complexity index is 386. The molecule has 5 heteroatoms. The standard InChI is InChI=1S/C12H16O4S/c1-16-8-2-3-9-17(15)11-6-4-10(5-7-11)12(13)14/h4-7H,2-3,8-9H2,1H3,(H,13,14). The SMILES string of the molecule is COCCCCS(=O)c1ccc(C(=O)O)cc1. The lowest BCUT2D eigenvalue weighted by molar-refractivity contribution is 0.0697. The lowest BCUT2D eigenvalue weighted by Crippen LogP contribution is -2.01. The van der Waals surface area contributed by atoms with Crippen molar-refractivity contribution in [3.63, 3.8) is 0 Å². The molecule has 0 saturated carbocycles. The zero-order valence-electron chi connectivity index (χ0n) is 9.72. The van der Waals surface area contributed by atoms with Crippen LogP contribution in [0.2, 0.25) is 0 Å². The van der Waals surface area contributed by atoms with E-state index in [-0.39, 0.29) is 5.56 Å². The van der Waals surface area contributed by atoms with Crippen molar-refractivity contribution >= 4 is 16.8 Å². The van der Waals surface area contributed by atoms with E-state index in [4.69, 9.17) is 9.84 Å². The van der Waals surface area contributed by atoms with Crippen LogP contribution in [0.5, 0.6) is 0 Å². The lowest BCUT2D eigenvalue weighted by Gasteiger charge is -2.03. The Hall–Kier alpha value is -1.20. The molecule has 0 aromatic heterocycles. The predicted octanol–water partition coefficient (Wildman–Crippen LogP) is 1.92. The second kappa shape index (κ2) is 7.19. The van der Waals surface area contributed by atoms with Gasteiger partial charge in [0.05, 0.1) is 16.4 Å². The smallest absolute Gasteiger partial charge is 0.335 e. The molecule has 0 heterocycles. The van der Waals surface area contributed by atoms with Gasteiger partial charge in [-0.1, -0.05) is 0 Å². The fourth-order valence-corrected chi connectivity index (χ4v) is 2.49. The second-order valence-electron chi connectivity index (χ2n) is 3.58. The first-order chi connectivity index (χ1) is 8.15. The number of carboxylic acids is 1. The highest BCUT2D eigenvalue weighted by molar-refractivity contribution is 7.85. The number of unbranched alkanes of at least 4 members (excludes halogenated alkanes) is 1. The van der Waals surface area contributed by atoms with Crippen LogP contribution in [0.25, 0.3) is 0 Å². The largest absolute Gasteiger partial charge is 0.478 e. The van der Waals surface area contributed by atoms with Gasteiger partial charge in [-0.05, 0) is 37.1 Å². The van der Waals surface area contributed by atoms with Crippen molar-refractivity contribution in [2.24, 2.45) is 0 Å². The first-order valence-corrected chi connectivity index (χ1v) is 6.67. The van der Waals surface area contributed by atoms with Crippen LogP contribution in [0.15, 0.2) is 29.2 Å². The van der Waals surface area contributed by atoms with Crippen molar-refractivity contribution in [1.82, 2.24) is 0 Å². The molecule has 0 spiro atoms. The number of hydrogen-bond acceptors (Lipinski definition) is 3. The fourth-order valence-electron chi connectivity index (χ4n) is 1.35. The van der Waals surface area contributed by atoms with E-state index in [0.29, 0.717) is 17.3 Å². The van der Waals surface area contributed by atoms with E-state index in [1.165, 1.54) is 12.1 Å². The van der Waals surface area contributed by atoms with Gasteiger partial charge in [0.15, 0.2) is 0 Å². The zero-order chi connectivity index (χ0) is 12.7. The zero-order valence-corrected chi connectivity index (χ0v) is 10.5. The normalized spacial score (nSPS) is 12.3. The van der Waals surface area contributed by atoms with Gasteiger partial charge in [0, 0.05) is 24.4 Å². The minimum absolute atomic E-state index is 0.213. The maximum atomic E-state index is 11.8. The van der Waals surface area contributed by atoms with Crippen molar-refractivity contribution in [3.8, 4) is 0 Å². The van der Waals surface area contributed by atoms with Gasteiger partial charge in [-0.15, -0.1) is 0 Å². The third kappa shape index (κ3) is 4.66. The molecule has 1 rings (SSSR count). The van der Waals surface area contributed by atoms with E-state index in [0.717, 1.165) is 12.8 Å². The van der Waals surface area contributed by atoms with Gasteiger partial charge in [-0.25, -0.2) is 4.79 Å². The average molecular weight is 256 g/mol. The summed E-state index contributed by atoms with van der Waals surface area (Å²) in [7, 11) is 0.584. The van der Waals surface area contributed by atoms with E-state index >= 15 is 0 Å². The highest BCUT2D eigenvalue weighted by atomic mass is 32.2. The van der Waals surface area contributed by atoms with Gasteiger partial charge in [0.1, 0.15) is 0 Å². The Kier molecular flexibility index (Phi) is 5.86. The molecule has 0 radical (unpaired) electrons. The topological polar surface area (TPSA) is 63.6 Å². The minimum atomic E-state index is -1.06. The molecule has 0 amide bonds. The average Bonchev–Trinajstić information content (AvgIpc) is 2.34. The molecular formula is C12H16O4S. The molecule has 1 aromatic carbocycles. The van der Waals surface area contributed by atoms with Crippen LogP contribution in [0.3, 0.4) is 0 Å². The molecule has 1 aromatic rings. The molecule has 94 valence electrons. The quantitative estimate of drug-likeness (QED) is 0.757. The van der Waals surface area contributed by atoms with Crippen LogP contribution < -0.4 is 0 Å². The van der Waals surface area contributed by atoms with Crippen LogP contribution in [0.1, 0.15) is 23.2 Å². The second-order valence-corrected chi connectivity index (χ2v) is 5.15. The van der Waals surface area contributed by atoms with Crippen LogP contribution in [0.4, 0.5) is 0 Å². The van der Waals surface area contributed by atoms with Crippen LogP contribution in [-0.4, -0.2) is 34.8 Å². The minimum Gasteiger partial charge on any atom is -0.478 e. The van der Waals surface area contributed by atoms with Crippen LogP contribution in [0, 0.1) is 0 Å². The third-order valence-electron chi connectivity index (χ3n) is 2.29. The van der Waals surface area contributed by atoms with Crippen molar-refractivity contribution in [2.75, 3.05) is 19.5 Å². The van der Waals surface area contributed by atoms with E-state index < -0.39 is 16.8 Å². The summed E-state index contributed by atoms with van der Waals surface area (Å²) >= 11 is 0. The summed E-state index contributed by atoms with van der Waals surface area (Å²) in [6.45, 7) is 0.676. The van der Waals surface area contributed by atoms with Crippen molar-refractivity contribution in [1.29, 1.82) is 0 Å². The molecule has 17 heavy (non-hydrogen) atoms. The van der Waals surface area contributed by atoms with Gasteiger partial charge in [0.2, 0.25) is 0 Å². The maximum absolute atomic E-state index is 11.8. The summed E-state index contributed by atoms with van der Waals surface area (Å²) in [6, 6.07) is 6.17. The molecule has 0 aliphatic heterocycles. The molecule has 0 aliphatic rings. The molecular weight excluding hydrogens is 240 g/mol. The van der Waals surface area contributed by atoms with Crippen molar-refractivity contribution in [3.05, 3.63) is 29.8 Å². The summed E-state index contributed by atoms with van der Waals surface area (Å²) in [5.74, 6) is -0.391. The molecule has 1 atom stereocenters. The number of carbonyl (C=O) groups is 1. The van der Waals surface area contributed by atoms with Gasteiger partial charge in [-0.3, -0.25) is 4.21 Å². The molecule has 0 saturated heterocycles. The van der Waals surface area contributed by atoms with Gasteiger partial charge < -0.3 is 9.84 Å². The molecule has 0 bridgehead atoms. The Morgan fingerprint density at radius 1 is 1.29 bits per heavy atom. The van der Waals surface area contributed by atoms with E-state index in [2.05, 4.69) is 0 Å². The van der Waals surface area contributed by atoms with Gasteiger partial charge >= 0.3 is 5.97 Å². The number of carboxylic acid groups (broad SMARTS) is 1. The monoisotopic (exact) mass is 256 g/mol. The van der Waals surface area contributed by atoms with Gasteiger partial charge in [-0.2, -0.15) is 0 Å². The van der Waals surface area contributed by atoms with Crippen molar-refractivity contribution in [2.45, 2.75) is 17.7 Å². The molecule has 1 unspecified atom stereocenters. The summed E-state index contributed by atoms with van der Waals surface area (Å²) in [5, 5.41) is 8.73. The summed E-state index contributed by atoms with van der Waals surface area (Å²) in [6.07, 6.45) is 1.72. The van der Waals surface area contributed by atoms with E-state index in [1.807, 2.05) is 0 Å². The summed E-state index contributed by atoms with van der Waals surface area (Å²) in [4.78, 5) is 11.3. The Balaban J connectivity index is 2.49. The molecule has 0 aliphatic carbocycles. The van der Waals surface area contributed by atoms with E-state index in [1.54, 1.807) is 19.2 Å². The number of ether oxygens (including phenoxy) is 1. The number of hydrogen-bond donors (Lipinski definition) is 1. The third-order valence-corrected chi connectivity index (χ3v) is 3.75. The Morgan fingerprint density at radius 2 is 1.94 bits per heavy atom. The number of benzene rings is 1. The van der Waals surface area contributed by atoms with E-state index in [9.17, 15) is 9.00 Å². The first kappa shape index (κ1) is 13.9. The maximum Gasteiger partial charge on any atom is 0.335 e. The molecule has 0 fully saturated rings. The summed E-state index contributed by atoms with van der Waals surface area (Å²) in [5.41, 5.74) is 0.213. The molecule has 4 nitrogen and oxygen atoms in total. The van der Waals surface area contributed by atoms with Crippen LogP contribution >= 0.6 is 0 Å².